The molecule has 0 spiro atoms. The van der Waals surface area contributed by atoms with Gasteiger partial charge in [0.15, 0.2) is 5.82 Å². The Morgan fingerprint density at radius 1 is 1.53 bits per heavy atom. The monoisotopic (exact) mass is 283 g/mol. The molecular weight excluding hydrogens is 262 g/mol. The van der Waals surface area contributed by atoms with Crippen molar-refractivity contribution in [2.45, 2.75) is 45.6 Å². The second-order valence-electron chi connectivity index (χ2n) is 5.00. The Morgan fingerprint density at radius 3 is 2.95 bits per heavy atom. The predicted octanol–water partition coefficient (Wildman–Crippen LogP) is 2.89. The molecule has 1 heterocycles. The maximum atomic E-state index is 11.9. The molecule has 106 valence electrons. The molecule has 2 unspecified atom stereocenters. The van der Waals surface area contributed by atoms with Gasteiger partial charge < -0.3 is 15.8 Å². The van der Waals surface area contributed by atoms with E-state index in [1.165, 1.54) is 30.8 Å². The fraction of sp³-hybridized carbons (Fsp3) is 0.692. The smallest absolute Gasteiger partial charge is 0.344 e. The van der Waals surface area contributed by atoms with E-state index in [4.69, 9.17) is 10.5 Å². The van der Waals surface area contributed by atoms with Crippen LogP contribution in [0.5, 0.6) is 0 Å². The van der Waals surface area contributed by atoms with Gasteiger partial charge in [0.2, 0.25) is 0 Å². The Labute approximate surface area is 117 Å². The van der Waals surface area contributed by atoms with Crippen molar-refractivity contribution >= 4 is 28.3 Å². The number of rotatable bonds is 4. The van der Waals surface area contributed by atoms with Gasteiger partial charge in [0.1, 0.15) is 10.6 Å². The molecule has 1 aliphatic rings. The highest BCUT2D eigenvalue weighted by molar-refractivity contribution is 7.11. The normalized spacial score (nSPS) is 23.1. The van der Waals surface area contributed by atoms with E-state index < -0.39 is 0 Å². The van der Waals surface area contributed by atoms with E-state index in [2.05, 4.69) is 16.6 Å². The summed E-state index contributed by atoms with van der Waals surface area (Å²) in [6.07, 6.45) is 4.86. The summed E-state index contributed by atoms with van der Waals surface area (Å²) < 4.78 is 9.10. The molecule has 19 heavy (non-hydrogen) atoms. The molecule has 6 heteroatoms. The number of carbonyl (C=O) groups excluding carboxylic acids is 1. The van der Waals surface area contributed by atoms with Gasteiger partial charge in [-0.15, -0.1) is 0 Å². The molecule has 2 atom stereocenters. The molecular formula is C13H21N3O2S. The van der Waals surface area contributed by atoms with Gasteiger partial charge in [-0.1, -0.05) is 19.8 Å². The Bertz CT molecular complexity index is 447. The molecule has 5 nitrogen and oxygen atoms in total. The zero-order valence-electron chi connectivity index (χ0n) is 11.4. The largest absolute Gasteiger partial charge is 0.462 e. The van der Waals surface area contributed by atoms with Crippen LogP contribution in [-0.2, 0) is 4.74 Å². The fourth-order valence-corrected chi connectivity index (χ4v) is 3.26. The quantitative estimate of drug-likeness (QED) is 0.831. The number of hydrogen-bond donors (Lipinski definition) is 2. The van der Waals surface area contributed by atoms with Crippen LogP contribution in [0.1, 0.15) is 49.9 Å². The number of esters is 1. The summed E-state index contributed by atoms with van der Waals surface area (Å²) in [5, 5.41) is 4.18. The summed E-state index contributed by atoms with van der Waals surface area (Å²) in [6.45, 7) is 4.36. The van der Waals surface area contributed by atoms with Crippen LogP contribution in [0.25, 0.3) is 0 Å². The first-order valence-corrected chi connectivity index (χ1v) is 7.59. The Kier molecular flexibility index (Phi) is 4.63. The second-order valence-corrected chi connectivity index (χ2v) is 5.78. The van der Waals surface area contributed by atoms with E-state index in [-0.39, 0.29) is 11.8 Å². The summed E-state index contributed by atoms with van der Waals surface area (Å²) in [5.41, 5.74) is 6.16. The standard InChI is InChI=1S/C13H21N3O2S/c1-3-18-13(17)10-11(14)16-19-12(10)15-9-7-5-4-6-8(9)2/h8-9,15H,3-7H2,1-2H3,(H2,14,16). The number of ether oxygens (including phenoxy) is 1. The minimum absolute atomic E-state index is 0.259. The summed E-state index contributed by atoms with van der Waals surface area (Å²) >= 11 is 1.24. The van der Waals surface area contributed by atoms with Gasteiger partial charge in [-0.3, -0.25) is 0 Å². The Morgan fingerprint density at radius 2 is 2.26 bits per heavy atom. The number of hydrogen-bond acceptors (Lipinski definition) is 6. The number of nitrogens with zero attached hydrogens (tertiary/aromatic N) is 1. The van der Waals surface area contributed by atoms with Crippen LogP contribution in [-0.4, -0.2) is 23.0 Å². The second kappa shape index (κ2) is 6.23. The number of nitrogen functional groups attached to an aromatic ring is 1. The van der Waals surface area contributed by atoms with E-state index >= 15 is 0 Å². The van der Waals surface area contributed by atoms with Crippen LogP contribution >= 0.6 is 11.5 Å². The van der Waals surface area contributed by atoms with Crippen LogP contribution < -0.4 is 11.1 Å². The number of nitrogens with two attached hydrogens (primary N) is 1. The van der Waals surface area contributed by atoms with Crippen LogP contribution in [0.2, 0.25) is 0 Å². The van der Waals surface area contributed by atoms with Crippen molar-refractivity contribution in [3.05, 3.63) is 5.56 Å². The van der Waals surface area contributed by atoms with Crippen molar-refractivity contribution in [3.63, 3.8) is 0 Å². The first kappa shape index (κ1) is 14.1. The molecule has 0 bridgehead atoms. The molecule has 1 saturated carbocycles. The van der Waals surface area contributed by atoms with Gasteiger partial charge in [0.25, 0.3) is 0 Å². The van der Waals surface area contributed by atoms with E-state index in [0.29, 0.717) is 24.1 Å². The highest BCUT2D eigenvalue weighted by atomic mass is 32.1. The van der Waals surface area contributed by atoms with Crippen molar-refractivity contribution in [2.75, 3.05) is 17.7 Å². The highest BCUT2D eigenvalue weighted by Gasteiger charge is 2.26. The third kappa shape index (κ3) is 3.18. The van der Waals surface area contributed by atoms with Gasteiger partial charge in [-0.05, 0) is 37.2 Å². The average Bonchev–Trinajstić information content (AvgIpc) is 2.74. The number of carbonyl (C=O) groups is 1. The maximum Gasteiger partial charge on any atom is 0.344 e. The number of aromatic nitrogens is 1. The lowest BCUT2D eigenvalue weighted by molar-refractivity contribution is 0.0529. The van der Waals surface area contributed by atoms with Crippen molar-refractivity contribution in [3.8, 4) is 0 Å². The lowest BCUT2D eigenvalue weighted by Crippen LogP contribution is -2.30. The first-order valence-electron chi connectivity index (χ1n) is 6.82. The van der Waals surface area contributed by atoms with Crippen LogP contribution in [0.3, 0.4) is 0 Å². The molecule has 1 aromatic rings. The van der Waals surface area contributed by atoms with E-state index in [0.717, 1.165) is 11.4 Å². The number of nitrogens with one attached hydrogen (secondary N) is 1. The topological polar surface area (TPSA) is 77.2 Å². The van der Waals surface area contributed by atoms with Crippen LogP contribution in [0, 0.1) is 5.92 Å². The lowest BCUT2D eigenvalue weighted by Gasteiger charge is -2.29. The zero-order chi connectivity index (χ0) is 13.8. The third-order valence-corrected chi connectivity index (χ3v) is 4.42. The molecule has 0 radical (unpaired) electrons. The molecule has 2 rings (SSSR count). The zero-order valence-corrected chi connectivity index (χ0v) is 12.3. The lowest BCUT2D eigenvalue weighted by atomic mass is 9.86. The van der Waals surface area contributed by atoms with Crippen LogP contribution in [0.4, 0.5) is 10.8 Å². The Hall–Kier alpha value is -1.30. The maximum absolute atomic E-state index is 11.9. The minimum atomic E-state index is -0.389. The van der Waals surface area contributed by atoms with Gasteiger partial charge in [0, 0.05) is 6.04 Å². The molecule has 0 amide bonds. The highest BCUT2D eigenvalue weighted by Crippen LogP contribution is 2.32. The van der Waals surface area contributed by atoms with E-state index in [9.17, 15) is 4.79 Å². The van der Waals surface area contributed by atoms with E-state index in [1.54, 1.807) is 6.92 Å². The molecule has 0 aliphatic heterocycles. The van der Waals surface area contributed by atoms with Gasteiger partial charge in [-0.25, -0.2) is 4.79 Å². The predicted molar refractivity (Wildman–Crippen MR) is 77.5 cm³/mol. The van der Waals surface area contributed by atoms with Crippen LogP contribution in [0.15, 0.2) is 0 Å². The average molecular weight is 283 g/mol. The minimum Gasteiger partial charge on any atom is -0.462 e. The number of anilines is 2. The van der Waals surface area contributed by atoms with Gasteiger partial charge in [0.05, 0.1) is 6.61 Å². The molecule has 1 aliphatic carbocycles. The first-order chi connectivity index (χ1) is 9.13. The van der Waals surface area contributed by atoms with Crippen molar-refractivity contribution in [1.29, 1.82) is 0 Å². The summed E-state index contributed by atoms with van der Waals surface area (Å²) in [7, 11) is 0. The third-order valence-electron chi connectivity index (χ3n) is 3.63. The summed E-state index contributed by atoms with van der Waals surface area (Å²) in [6, 6.07) is 0.391. The van der Waals surface area contributed by atoms with Gasteiger partial charge >= 0.3 is 5.97 Å². The Balaban J connectivity index is 2.13. The van der Waals surface area contributed by atoms with Crippen molar-refractivity contribution < 1.29 is 9.53 Å². The SMILES string of the molecule is CCOC(=O)c1c(N)nsc1NC1CCCCC1C. The summed E-state index contributed by atoms with van der Waals surface area (Å²) in [4.78, 5) is 11.9. The molecule has 1 fully saturated rings. The van der Waals surface area contributed by atoms with E-state index in [1.807, 2.05) is 0 Å². The van der Waals surface area contributed by atoms with Gasteiger partial charge in [-0.2, -0.15) is 4.37 Å². The molecule has 0 aromatic carbocycles. The molecule has 0 saturated heterocycles. The summed E-state index contributed by atoms with van der Waals surface area (Å²) in [5.74, 6) is 0.473. The molecule has 3 N–H and O–H groups in total. The molecule has 1 aromatic heterocycles. The fourth-order valence-electron chi connectivity index (χ4n) is 2.50. The van der Waals surface area contributed by atoms with Crippen molar-refractivity contribution in [1.82, 2.24) is 4.37 Å². The van der Waals surface area contributed by atoms with Crippen molar-refractivity contribution in [2.24, 2.45) is 5.92 Å².